The summed E-state index contributed by atoms with van der Waals surface area (Å²) >= 11 is 0. The lowest BCUT2D eigenvalue weighted by atomic mass is 10.0. The molecule has 2 saturated heterocycles. The first-order chi connectivity index (χ1) is 11.6. The van der Waals surface area contributed by atoms with E-state index in [-0.39, 0.29) is 5.91 Å². The number of likely N-dealkylation sites (tertiary alicyclic amines) is 2. The summed E-state index contributed by atoms with van der Waals surface area (Å²) in [6.45, 7) is 7.02. The Labute approximate surface area is 143 Å². The van der Waals surface area contributed by atoms with Gasteiger partial charge >= 0.3 is 0 Å². The van der Waals surface area contributed by atoms with Gasteiger partial charge in [0.1, 0.15) is 0 Å². The fourth-order valence-corrected chi connectivity index (χ4v) is 4.31. The van der Waals surface area contributed by atoms with E-state index in [0.29, 0.717) is 12.0 Å². The highest BCUT2D eigenvalue weighted by atomic mass is 16.2. The molecule has 0 bridgehead atoms. The van der Waals surface area contributed by atoms with Gasteiger partial charge in [-0.1, -0.05) is 13.0 Å². The van der Waals surface area contributed by atoms with E-state index >= 15 is 0 Å². The topological polar surface area (TPSA) is 36.4 Å². The molecule has 126 valence electrons. The Kier molecular flexibility index (Phi) is 3.80. The molecule has 1 aromatic heterocycles. The molecule has 0 saturated carbocycles. The molecule has 3 heterocycles. The van der Waals surface area contributed by atoms with Crippen molar-refractivity contribution in [2.75, 3.05) is 26.7 Å². The average Bonchev–Trinajstić information content (AvgIpc) is 3.15. The first-order valence-corrected chi connectivity index (χ1v) is 8.96. The molecule has 0 N–H and O–H groups in total. The smallest absolute Gasteiger partial charge is 0.254 e. The summed E-state index contributed by atoms with van der Waals surface area (Å²) in [5.41, 5.74) is 3.90. The summed E-state index contributed by atoms with van der Waals surface area (Å²) in [5, 5.41) is 0.996. The average molecular weight is 323 g/mol. The van der Waals surface area contributed by atoms with Crippen LogP contribution in [0.1, 0.15) is 35.0 Å². The molecule has 4 nitrogen and oxygen atoms in total. The fraction of sp³-hybridized carbons (Fsp3) is 0.500. The molecular formula is C20H25N3O. The Bertz CT molecular complexity index is 801. The highest BCUT2D eigenvalue weighted by Crippen LogP contribution is 2.32. The van der Waals surface area contributed by atoms with Crippen molar-refractivity contribution >= 4 is 16.8 Å². The van der Waals surface area contributed by atoms with Crippen molar-refractivity contribution in [2.24, 2.45) is 5.92 Å². The second-order valence-electron chi connectivity index (χ2n) is 7.32. The third-order valence-corrected chi connectivity index (χ3v) is 5.75. The number of likely N-dealkylation sites (N-methyl/N-ethyl adjacent to an activating group) is 1. The van der Waals surface area contributed by atoms with Crippen LogP contribution in [0.15, 0.2) is 24.3 Å². The van der Waals surface area contributed by atoms with Crippen molar-refractivity contribution < 1.29 is 4.79 Å². The van der Waals surface area contributed by atoms with Gasteiger partial charge in [-0.3, -0.25) is 9.78 Å². The first kappa shape index (κ1) is 15.6. The summed E-state index contributed by atoms with van der Waals surface area (Å²) in [6, 6.07) is 8.79. The minimum atomic E-state index is 0.168. The van der Waals surface area contributed by atoms with Crippen LogP contribution in [0.3, 0.4) is 0 Å². The van der Waals surface area contributed by atoms with E-state index in [9.17, 15) is 4.79 Å². The quantitative estimate of drug-likeness (QED) is 0.853. The maximum Gasteiger partial charge on any atom is 0.254 e. The number of aromatic nitrogens is 1. The van der Waals surface area contributed by atoms with E-state index in [1.165, 1.54) is 12.0 Å². The molecule has 0 unspecified atom stereocenters. The van der Waals surface area contributed by atoms with Crippen LogP contribution in [-0.4, -0.2) is 53.4 Å². The molecule has 24 heavy (non-hydrogen) atoms. The second kappa shape index (κ2) is 5.85. The lowest BCUT2D eigenvalue weighted by Crippen LogP contribution is -2.35. The predicted molar refractivity (Wildman–Crippen MR) is 96.3 cm³/mol. The van der Waals surface area contributed by atoms with Gasteiger partial charge in [0.25, 0.3) is 5.91 Å². The predicted octanol–water partition coefficient (Wildman–Crippen LogP) is 2.88. The Morgan fingerprint density at radius 1 is 1.29 bits per heavy atom. The molecule has 1 amide bonds. The maximum atomic E-state index is 13.2. The fourth-order valence-electron chi connectivity index (χ4n) is 4.31. The van der Waals surface area contributed by atoms with Gasteiger partial charge in [-0.15, -0.1) is 0 Å². The Morgan fingerprint density at radius 2 is 2.12 bits per heavy atom. The number of benzene rings is 1. The van der Waals surface area contributed by atoms with Crippen molar-refractivity contribution in [1.29, 1.82) is 0 Å². The van der Waals surface area contributed by atoms with Crippen LogP contribution in [0.4, 0.5) is 0 Å². The number of hydrogen-bond acceptors (Lipinski definition) is 3. The molecule has 2 aliphatic rings. The molecule has 2 aliphatic heterocycles. The van der Waals surface area contributed by atoms with Crippen molar-refractivity contribution in [2.45, 2.75) is 32.7 Å². The van der Waals surface area contributed by atoms with Crippen molar-refractivity contribution in [1.82, 2.24) is 14.8 Å². The number of rotatable bonds is 2. The van der Waals surface area contributed by atoms with Crippen molar-refractivity contribution in [3.63, 3.8) is 0 Å². The third-order valence-electron chi connectivity index (χ3n) is 5.75. The van der Waals surface area contributed by atoms with Crippen LogP contribution in [0.25, 0.3) is 10.9 Å². The van der Waals surface area contributed by atoms with Crippen LogP contribution in [-0.2, 0) is 6.42 Å². The lowest BCUT2D eigenvalue weighted by molar-refractivity contribution is 0.0776. The van der Waals surface area contributed by atoms with Gasteiger partial charge in [0.15, 0.2) is 0 Å². The van der Waals surface area contributed by atoms with Crippen LogP contribution in [0.5, 0.6) is 0 Å². The molecule has 4 rings (SSSR count). The van der Waals surface area contributed by atoms with Gasteiger partial charge in [-0.05, 0) is 63.0 Å². The van der Waals surface area contributed by atoms with Gasteiger partial charge in [0.2, 0.25) is 0 Å². The molecule has 0 aliphatic carbocycles. The van der Waals surface area contributed by atoms with Crippen LogP contribution >= 0.6 is 0 Å². The first-order valence-electron chi connectivity index (χ1n) is 8.96. The second-order valence-corrected chi connectivity index (χ2v) is 7.32. The monoisotopic (exact) mass is 323 g/mol. The van der Waals surface area contributed by atoms with Gasteiger partial charge in [0, 0.05) is 30.2 Å². The maximum absolute atomic E-state index is 13.2. The van der Waals surface area contributed by atoms with Crippen molar-refractivity contribution in [3.8, 4) is 0 Å². The molecular weight excluding hydrogens is 298 g/mol. The Balaban J connectivity index is 1.71. The molecule has 2 aromatic rings. The summed E-state index contributed by atoms with van der Waals surface area (Å²) in [7, 11) is 2.18. The molecule has 2 fully saturated rings. The number of pyridine rings is 1. The largest absolute Gasteiger partial charge is 0.337 e. The number of nitrogens with zero attached hydrogens (tertiary/aromatic N) is 3. The third kappa shape index (κ3) is 2.49. The zero-order valence-electron chi connectivity index (χ0n) is 14.7. The van der Waals surface area contributed by atoms with E-state index in [4.69, 9.17) is 0 Å². The highest BCUT2D eigenvalue weighted by molar-refractivity contribution is 6.06. The van der Waals surface area contributed by atoms with E-state index < -0.39 is 0 Å². The minimum absolute atomic E-state index is 0.168. The SMILES string of the molecule is CCc1ccc2nc(C)cc(C(=O)N3C[C@H]4CCN(C)[C@H]4C3)c2c1. The molecule has 0 spiro atoms. The van der Waals surface area contributed by atoms with Crippen LogP contribution in [0, 0.1) is 12.8 Å². The van der Waals surface area contributed by atoms with Crippen LogP contribution < -0.4 is 0 Å². The number of carbonyl (C=O) groups is 1. The molecule has 4 heteroatoms. The van der Waals surface area contributed by atoms with Crippen molar-refractivity contribution in [3.05, 3.63) is 41.1 Å². The van der Waals surface area contributed by atoms with Gasteiger partial charge in [-0.25, -0.2) is 0 Å². The van der Waals surface area contributed by atoms with Gasteiger partial charge in [0.05, 0.1) is 11.1 Å². The van der Waals surface area contributed by atoms with Gasteiger partial charge in [-0.2, -0.15) is 0 Å². The number of amides is 1. The van der Waals surface area contributed by atoms with Gasteiger partial charge < -0.3 is 9.80 Å². The Hall–Kier alpha value is -1.94. The summed E-state index contributed by atoms with van der Waals surface area (Å²) in [5.74, 6) is 0.806. The molecule has 1 aromatic carbocycles. The summed E-state index contributed by atoms with van der Waals surface area (Å²) < 4.78 is 0. The lowest BCUT2D eigenvalue weighted by Gasteiger charge is -2.21. The highest BCUT2D eigenvalue weighted by Gasteiger charge is 2.41. The number of fused-ring (bicyclic) bond motifs is 2. The van der Waals surface area contributed by atoms with Crippen LogP contribution in [0.2, 0.25) is 0 Å². The zero-order chi connectivity index (χ0) is 16.8. The number of hydrogen-bond donors (Lipinski definition) is 0. The molecule has 0 radical (unpaired) electrons. The Morgan fingerprint density at radius 3 is 2.88 bits per heavy atom. The minimum Gasteiger partial charge on any atom is -0.337 e. The summed E-state index contributed by atoms with van der Waals surface area (Å²) in [4.78, 5) is 22.3. The number of carbonyl (C=O) groups excluding carboxylic acids is 1. The standard InChI is InChI=1S/C20H25N3O/c1-4-14-5-6-18-16(10-14)17(9-13(2)21-18)20(24)23-11-15-7-8-22(3)19(15)12-23/h5-6,9-10,15,19H,4,7-8,11-12H2,1-3H3/t15-,19+/m1/s1. The summed E-state index contributed by atoms with van der Waals surface area (Å²) in [6.07, 6.45) is 2.18. The zero-order valence-corrected chi connectivity index (χ0v) is 14.7. The van der Waals surface area contributed by atoms with E-state index in [2.05, 4.69) is 40.9 Å². The molecule has 2 atom stereocenters. The van der Waals surface area contributed by atoms with E-state index in [0.717, 1.165) is 48.2 Å². The van der Waals surface area contributed by atoms with E-state index in [1.807, 2.05) is 19.1 Å². The normalized spacial score (nSPS) is 23.9. The number of aryl methyl sites for hydroxylation is 2. The van der Waals surface area contributed by atoms with E-state index in [1.54, 1.807) is 0 Å².